The SMILES string of the molecule is Cc1cccc2c1cc(C(=O)NCC1CCN(CC3CCCCC3)CC1)c(=O)n2C(C)C. The highest BCUT2D eigenvalue weighted by Gasteiger charge is 2.24. The van der Waals surface area contributed by atoms with E-state index in [9.17, 15) is 9.59 Å². The predicted octanol–water partition coefficient (Wildman–Crippen LogP) is 4.91. The summed E-state index contributed by atoms with van der Waals surface area (Å²) in [7, 11) is 0. The molecule has 2 heterocycles. The molecule has 0 radical (unpaired) electrons. The molecule has 1 aliphatic heterocycles. The zero-order valence-corrected chi connectivity index (χ0v) is 20.0. The Balaban J connectivity index is 1.38. The number of likely N-dealkylation sites (tertiary alicyclic amines) is 1. The minimum absolute atomic E-state index is 0.00644. The number of nitrogens with one attached hydrogen (secondary N) is 1. The number of aryl methyl sites for hydroxylation is 1. The first-order valence-corrected chi connectivity index (χ1v) is 12.6. The Morgan fingerprint density at radius 1 is 1.06 bits per heavy atom. The minimum Gasteiger partial charge on any atom is -0.352 e. The maximum Gasteiger partial charge on any atom is 0.264 e. The number of amides is 1. The van der Waals surface area contributed by atoms with Gasteiger partial charge in [-0.1, -0.05) is 31.4 Å². The molecule has 32 heavy (non-hydrogen) atoms. The highest BCUT2D eigenvalue weighted by atomic mass is 16.2. The van der Waals surface area contributed by atoms with Crippen LogP contribution in [0, 0.1) is 18.8 Å². The van der Waals surface area contributed by atoms with Crippen LogP contribution in [0.25, 0.3) is 10.9 Å². The van der Waals surface area contributed by atoms with Gasteiger partial charge in [0, 0.05) is 24.5 Å². The molecule has 1 aromatic carbocycles. The van der Waals surface area contributed by atoms with Gasteiger partial charge in [-0.2, -0.15) is 0 Å². The molecule has 1 aliphatic carbocycles. The molecule has 4 rings (SSSR count). The molecule has 1 amide bonds. The van der Waals surface area contributed by atoms with E-state index in [0.29, 0.717) is 12.5 Å². The van der Waals surface area contributed by atoms with Crippen molar-refractivity contribution < 1.29 is 4.79 Å². The van der Waals surface area contributed by atoms with E-state index in [4.69, 9.17) is 0 Å². The lowest BCUT2D eigenvalue weighted by atomic mass is 9.88. The van der Waals surface area contributed by atoms with Crippen LogP contribution in [0.15, 0.2) is 29.1 Å². The molecule has 0 spiro atoms. The molecule has 1 aromatic heterocycles. The predicted molar refractivity (Wildman–Crippen MR) is 131 cm³/mol. The highest BCUT2D eigenvalue weighted by molar-refractivity contribution is 5.98. The molecule has 1 N–H and O–H groups in total. The number of rotatable bonds is 6. The Morgan fingerprint density at radius 3 is 2.47 bits per heavy atom. The maximum absolute atomic E-state index is 13.2. The third kappa shape index (κ3) is 5.09. The molecule has 2 fully saturated rings. The number of pyridine rings is 1. The number of aromatic nitrogens is 1. The molecule has 2 aliphatic rings. The number of hydrogen-bond donors (Lipinski definition) is 1. The summed E-state index contributed by atoms with van der Waals surface area (Å²) >= 11 is 0. The number of hydrogen-bond acceptors (Lipinski definition) is 3. The van der Waals surface area contributed by atoms with Crippen LogP contribution in [0.3, 0.4) is 0 Å². The van der Waals surface area contributed by atoms with E-state index in [0.717, 1.165) is 48.3 Å². The van der Waals surface area contributed by atoms with Gasteiger partial charge in [0.25, 0.3) is 11.5 Å². The molecule has 0 atom stereocenters. The lowest BCUT2D eigenvalue weighted by Crippen LogP contribution is -2.41. The third-order valence-corrected chi connectivity index (χ3v) is 7.56. The van der Waals surface area contributed by atoms with Gasteiger partial charge in [0.1, 0.15) is 5.56 Å². The molecule has 0 unspecified atom stereocenters. The average Bonchev–Trinajstić information content (AvgIpc) is 2.78. The van der Waals surface area contributed by atoms with E-state index in [1.54, 1.807) is 10.6 Å². The highest BCUT2D eigenvalue weighted by Crippen LogP contribution is 2.26. The van der Waals surface area contributed by atoms with Gasteiger partial charge in [-0.25, -0.2) is 0 Å². The van der Waals surface area contributed by atoms with Crippen molar-refractivity contribution in [1.82, 2.24) is 14.8 Å². The fourth-order valence-electron chi connectivity index (χ4n) is 5.62. The molecule has 0 bridgehead atoms. The monoisotopic (exact) mass is 437 g/mol. The number of carbonyl (C=O) groups is 1. The van der Waals surface area contributed by atoms with E-state index in [-0.39, 0.29) is 23.1 Å². The second-order valence-electron chi connectivity index (χ2n) is 10.3. The summed E-state index contributed by atoms with van der Waals surface area (Å²) in [5, 5.41) is 4.06. The van der Waals surface area contributed by atoms with Crippen molar-refractivity contribution in [2.24, 2.45) is 11.8 Å². The first-order chi connectivity index (χ1) is 15.4. The van der Waals surface area contributed by atoms with Gasteiger partial charge in [0.15, 0.2) is 0 Å². The number of fused-ring (bicyclic) bond motifs is 1. The smallest absolute Gasteiger partial charge is 0.264 e. The van der Waals surface area contributed by atoms with Crippen LogP contribution in [0.4, 0.5) is 0 Å². The summed E-state index contributed by atoms with van der Waals surface area (Å²) in [5.74, 6) is 1.15. The van der Waals surface area contributed by atoms with Crippen LogP contribution >= 0.6 is 0 Å². The van der Waals surface area contributed by atoms with Crippen LogP contribution in [-0.4, -0.2) is 41.6 Å². The van der Waals surface area contributed by atoms with Gasteiger partial charge < -0.3 is 14.8 Å². The number of nitrogens with zero attached hydrogens (tertiary/aromatic N) is 2. The number of benzene rings is 1. The van der Waals surface area contributed by atoms with Crippen molar-refractivity contribution in [3.05, 3.63) is 45.7 Å². The maximum atomic E-state index is 13.2. The Morgan fingerprint density at radius 2 is 1.78 bits per heavy atom. The third-order valence-electron chi connectivity index (χ3n) is 7.56. The summed E-state index contributed by atoms with van der Waals surface area (Å²) in [6.45, 7) is 10.2. The molecule has 5 heteroatoms. The summed E-state index contributed by atoms with van der Waals surface area (Å²) in [6, 6.07) is 7.74. The second kappa shape index (κ2) is 10.2. The summed E-state index contributed by atoms with van der Waals surface area (Å²) in [4.78, 5) is 28.8. The summed E-state index contributed by atoms with van der Waals surface area (Å²) < 4.78 is 1.75. The summed E-state index contributed by atoms with van der Waals surface area (Å²) in [6.07, 6.45) is 9.27. The first kappa shape index (κ1) is 23.0. The van der Waals surface area contributed by atoms with Gasteiger partial charge in [-0.3, -0.25) is 9.59 Å². The lowest BCUT2D eigenvalue weighted by Gasteiger charge is -2.35. The Bertz CT molecular complexity index is 996. The minimum atomic E-state index is -0.237. The fourth-order valence-corrected chi connectivity index (χ4v) is 5.62. The molecule has 174 valence electrons. The standard InChI is InChI=1S/C27H39N3O2/c1-19(2)30-25-11-7-8-20(3)23(25)16-24(27(30)32)26(31)28-17-21-12-14-29(15-13-21)18-22-9-5-4-6-10-22/h7-8,11,16,19,21-22H,4-6,9-10,12-15,17-18H2,1-3H3,(H,28,31). The first-order valence-electron chi connectivity index (χ1n) is 12.6. The Labute approximate surface area is 192 Å². The van der Waals surface area contributed by atoms with Crippen molar-refractivity contribution in [3.8, 4) is 0 Å². The second-order valence-corrected chi connectivity index (χ2v) is 10.3. The molecule has 1 saturated heterocycles. The average molecular weight is 438 g/mol. The number of piperidine rings is 1. The van der Waals surface area contributed by atoms with Crippen molar-refractivity contribution in [2.75, 3.05) is 26.2 Å². The molecule has 5 nitrogen and oxygen atoms in total. The van der Waals surface area contributed by atoms with Gasteiger partial charge in [0.2, 0.25) is 0 Å². The van der Waals surface area contributed by atoms with Gasteiger partial charge in [-0.15, -0.1) is 0 Å². The van der Waals surface area contributed by atoms with Gasteiger partial charge in [-0.05, 0) is 89.1 Å². The molecular weight excluding hydrogens is 398 g/mol. The van der Waals surface area contributed by atoms with Crippen LogP contribution in [0.5, 0.6) is 0 Å². The van der Waals surface area contributed by atoms with E-state index in [1.165, 1.54) is 38.6 Å². The van der Waals surface area contributed by atoms with Gasteiger partial charge in [0.05, 0.1) is 5.52 Å². The fraction of sp³-hybridized carbons (Fsp3) is 0.630. The van der Waals surface area contributed by atoms with Crippen molar-refractivity contribution in [1.29, 1.82) is 0 Å². The van der Waals surface area contributed by atoms with E-state index in [2.05, 4.69) is 10.2 Å². The van der Waals surface area contributed by atoms with Crippen LogP contribution in [-0.2, 0) is 0 Å². The van der Waals surface area contributed by atoms with Gasteiger partial charge >= 0.3 is 0 Å². The number of carbonyl (C=O) groups excluding carboxylic acids is 1. The van der Waals surface area contributed by atoms with Crippen molar-refractivity contribution in [2.45, 2.75) is 71.8 Å². The molecule has 2 aromatic rings. The quantitative estimate of drug-likeness (QED) is 0.698. The zero-order chi connectivity index (χ0) is 22.7. The van der Waals surface area contributed by atoms with Crippen molar-refractivity contribution >= 4 is 16.8 Å². The Kier molecular flexibility index (Phi) is 7.34. The lowest BCUT2D eigenvalue weighted by molar-refractivity contribution is 0.0929. The largest absolute Gasteiger partial charge is 0.352 e. The Hall–Kier alpha value is -2.14. The molecular formula is C27H39N3O2. The van der Waals surface area contributed by atoms with E-state index in [1.807, 2.05) is 39.0 Å². The van der Waals surface area contributed by atoms with E-state index < -0.39 is 0 Å². The van der Waals surface area contributed by atoms with Crippen LogP contribution in [0.1, 0.15) is 80.8 Å². The van der Waals surface area contributed by atoms with E-state index >= 15 is 0 Å². The van der Waals surface area contributed by atoms with Crippen LogP contribution in [0.2, 0.25) is 0 Å². The van der Waals surface area contributed by atoms with Crippen LogP contribution < -0.4 is 10.9 Å². The normalized spacial score (nSPS) is 19.0. The summed E-state index contributed by atoms with van der Waals surface area (Å²) in [5.41, 5.74) is 2.04. The zero-order valence-electron chi connectivity index (χ0n) is 20.0. The molecule has 1 saturated carbocycles. The topological polar surface area (TPSA) is 54.3 Å². The van der Waals surface area contributed by atoms with Crippen molar-refractivity contribution in [3.63, 3.8) is 0 Å².